The standard InChI is InChI=1S/C18H25N3O2/c1-14(22)11-18(2,3)13-19-17(23)16-7-5-15(6-8-16)12-21-10-4-9-20-21/h4-10,14,22H,11-13H2,1-3H3,(H,19,23). The van der Waals surface area contributed by atoms with E-state index in [1.807, 2.05) is 55.1 Å². The van der Waals surface area contributed by atoms with E-state index in [0.717, 1.165) is 5.56 Å². The van der Waals surface area contributed by atoms with E-state index in [0.29, 0.717) is 25.1 Å². The van der Waals surface area contributed by atoms with Crippen molar-refractivity contribution in [3.8, 4) is 0 Å². The highest BCUT2D eigenvalue weighted by atomic mass is 16.3. The first kappa shape index (κ1) is 17.2. The quantitative estimate of drug-likeness (QED) is 0.825. The molecule has 1 atom stereocenters. The minimum absolute atomic E-state index is 0.0886. The van der Waals surface area contributed by atoms with Gasteiger partial charge < -0.3 is 10.4 Å². The molecule has 0 aliphatic rings. The van der Waals surface area contributed by atoms with Crippen LogP contribution in [0.1, 0.15) is 43.1 Å². The number of aliphatic hydroxyl groups is 1. The summed E-state index contributed by atoms with van der Waals surface area (Å²) in [4.78, 5) is 12.2. The Bertz CT molecular complexity index is 616. The highest BCUT2D eigenvalue weighted by molar-refractivity contribution is 5.94. The van der Waals surface area contributed by atoms with Gasteiger partial charge in [0, 0.05) is 24.5 Å². The van der Waals surface area contributed by atoms with Crippen LogP contribution in [0.2, 0.25) is 0 Å². The molecule has 1 unspecified atom stereocenters. The van der Waals surface area contributed by atoms with Gasteiger partial charge >= 0.3 is 0 Å². The summed E-state index contributed by atoms with van der Waals surface area (Å²) >= 11 is 0. The van der Waals surface area contributed by atoms with Gasteiger partial charge in [-0.2, -0.15) is 5.10 Å². The first-order chi connectivity index (χ1) is 10.9. The van der Waals surface area contributed by atoms with Gasteiger partial charge in [0.15, 0.2) is 0 Å². The number of benzene rings is 1. The molecule has 0 radical (unpaired) electrons. The monoisotopic (exact) mass is 315 g/mol. The van der Waals surface area contributed by atoms with Crippen LogP contribution in [0.4, 0.5) is 0 Å². The molecule has 0 spiro atoms. The van der Waals surface area contributed by atoms with E-state index in [-0.39, 0.29) is 17.4 Å². The lowest BCUT2D eigenvalue weighted by molar-refractivity contribution is 0.0902. The zero-order valence-corrected chi connectivity index (χ0v) is 14.0. The number of nitrogens with one attached hydrogen (secondary N) is 1. The molecule has 23 heavy (non-hydrogen) atoms. The van der Waals surface area contributed by atoms with Crippen LogP contribution in [0.5, 0.6) is 0 Å². The van der Waals surface area contributed by atoms with E-state index in [9.17, 15) is 9.90 Å². The molecule has 0 fully saturated rings. The molecule has 0 aliphatic carbocycles. The molecule has 1 aromatic heterocycles. The van der Waals surface area contributed by atoms with Crippen molar-refractivity contribution in [3.05, 3.63) is 53.9 Å². The van der Waals surface area contributed by atoms with Crippen LogP contribution in [-0.2, 0) is 6.54 Å². The first-order valence-electron chi connectivity index (χ1n) is 7.88. The SMILES string of the molecule is CC(O)CC(C)(C)CNC(=O)c1ccc(Cn2cccn2)cc1. The molecule has 5 nitrogen and oxygen atoms in total. The van der Waals surface area contributed by atoms with E-state index in [1.54, 1.807) is 13.1 Å². The van der Waals surface area contributed by atoms with Gasteiger partial charge in [0.1, 0.15) is 0 Å². The molecule has 5 heteroatoms. The number of carbonyl (C=O) groups excluding carboxylic acids is 1. The van der Waals surface area contributed by atoms with E-state index in [1.165, 1.54) is 0 Å². The first-order valence-corrected chi connectivity index (χ1v) is 7.88. The van der Waals surface area contributed by atoms with Gasteiger partial charge in [-0.05, 0) is 42.5 Å². The van der Waals surface area contributed by atoms with Crippen molar-refractivity contribution in [1.82, 2.24) is 15.1 Å². The molecule has 0 saturated carbocycles. The Morgan fingerprint density at radius 3 is 2.61 bits per heavy atom. The minimum Gasteiger partial charge on any atom is -0.393 e. The zero-order chi connectivity index (χ0) is 16.9. The molecule has 2 rings (SSSR count). The third-order valence-corrected chi connectivity index (χ3v) is 3.70. The summed E-state index contributed by atoms with van der Waals surface area (Å²) in [6.45, 7) is 7.06. The maximum Gasteiger partial charge on any atom is 0.251 e. The second-order valence-electron chi connectivity index (χ2n) is 6.80. The van der Waals surface area contributed by atoms with Crippen molar-refractivity contribution >= 4 is 5.91 Å². The maximum absolute atomic E-state index is 12.2. The molecule has 2 aromatic rings. The molecule has 1 aromatic carbocycles. The Labute approximate surface area is 137 Å². The predicted octanol–water partition coefficient (Wildman–Crippen LogP) is 2.46. The fourth-order valence-electron chi connectivity index (χ4n) is 2.64. The van der Waals surface area contributed by atoms with Crippen LogP contribution < -0.4 is 5.32 Å². The second-order valence-corrected chi connectivity index (χ2v) is 6.80. The summed E-state index contributed by atoms with van der Waals surface area (Å²) in [7, 11) is 0. The number of amides is 1. The lowest BCUT2D eigenvalue weighted by Crippen LogP contribution is -2.35. The topological polar surface area (TPSA) is 67.2 Å². The third-order valence-electron chi connectivity index (χ3n) is 3.70. The van der Waals surface area contributed by atoms with Crippen LogP contribution in [0.15, 0.2) is 42.7 Å². The van der Waals surface area contributed by atoms with E-state index in [4.69, 9.17) is 0 Å². The molecule has 1 heterocycles. The maximum atomic E-state index is 12.2. The summed E-state index contributed by atoms with van der Waals surface area (Å²) in [5, 5.41) is 16.6. The molecule has 2 N–H and O–H groups in total. The molecule has 124 valence electrons. The summed E-state index contributed by atoms with van der Waals surface area (Å²) in [6.07, 6.45) is 3.93. The van der Waals surface area contributed by atoms with E-state index in [2.05, 4.69) is 10.4 Å². The molecule has 0 saturated heterocycles. The van der Waals surface area contributed by atoms with Crippen molar-refractivity contribution < 1.29 is 9.90 Å². The van der Waals surface area contributed by atoms with Crippen LogP contribution in [0.25, 0.3) is 0 Å². The number of rotatable bonds is 7. The van der Waals surface area contributed by atoms with Crippen molar-refractivity contribution in [1.29, 1.82) is 0 Å². The predicted molar refractivity (Wildman–Crippen MR) is 90.2 cm³/mol. The van der Waals surface area contributed by atoms with Crippen molar-refractivity contribution in [2.24, 2.45) is 5.41 Å². The molecule has 0 aliphatic heterocycles. The average molecular weight is 315 g/mol. The van der Waals surface area contributed by atoms with Crippen LogP contribution in [0.3, 0.4) is 0 Å². The highest BCUT2D eigenvalue weighted by Gasteiger charge is 2.21. The van der Waals surface area contributed by atoms with E-state index >= 15 is 0 Å². The molecule has 1 amide bonds. The lowest BCUT2D eigenvalue weighted by atomic mass is 9.87. The minimum atomic E-state index is -0.372. The summed E-state index contributed by atoms with van der Waals surface area (Å²) in [5.41, 5.74) is 1.60. The number of aromatic nitrogens is 2. The highest BCUT2D eigenvalue weighted by Crippen LogP contribution is 2.21. The number of hydrogen-bond donors (Lipinski definition) is 2. The summed E-state index contributed by atoms with van der Waals surface area (Å²) in [6, 6.07) is 9.43. The Morgan fingerprint density at radius 2 is 2.04 bits per heavy atom. The second kappa shape index (κ2) is 7.42. The normalized spacial score (nSPS) is 12.9. The fourth-order valence-corrected chi connectivity index (χ4v) is 2.64. The fraction of sp³-hybridized carbons (Fsp3) is 0.444. The Hall–Kier alpha value is -2.14. The summed E-state index contributed by atoms with van der Waals surface area (Å²) < 4.78 is 1.84. The number of aliphatic hydroxyl groups excluding tert-OH is 1. The van der Waals surface area contributed by atoms with Crippen molar-refractivity contribution in [2.75, 3.05) is 6.54 Å². The van der Waals surface area contributed by atoms with Crippen molar-refractivity contribution in [3.63, 3.8) is 0 Å². The Morgan fingerprint density at radius 1 is 1.35 bits per heavy atom. The lowest BCUT2D eigenvalue weighted by Gasteiger charge is -2.26. The van der Waals surface area contributed by atoms with E-state index < -0.39 is 0 Å². The van der Waals surface area contributed by atoms with Crippen LogP contribution in [0, 0.1) is 5.41 Å². The Kier molecular flexibility index (Phi) is 5.55. The molecular formula is C18H25N3O2. The van der Waals surface area contributed by atoms with Gasteiger partial charge in [-0.25, -0.2) is 0 Å². The molecule has 0 bridgehead atoms. The van der Waals surface area contributed by atoms with Crippen LogP contribution in [-0.4, -0.2) is 33.4 Å². The van der Waals surface area contributed by atoms with Gasteiger partial charge in [0.05, 0.1) is 12.6 Å². The number of carbonyl (C=O) groups is 1. The third kappa shape index (κ3) is 5.53. The van der Waals surface area contributed by atoms with Gasteiger partial charge in [-0.3, -0.25) is 9.48 Å². The summed E-state index contributed by atoms with van der Waals surface area (Å²) in [5.74, 6) is -0.0886. The van der Waals surface area contributed by atoms with Gasteiger partial charge in [-0.1, -0.05) is 26.0 Å². The molecular weight excluding hydrogens is 290 g/mol. The van der Waals surface area contributed by atoms with Gasteiger partial charge in [0.25, 0.3) is 5.91 Å². The van der Waals surface area contributed by atoms with Crippen molar-refractivity contribution in [2.45, 2.75) is 39.8 Å². The largest absolute Gasteiger partial charge is 0.393 e. The average Bonchev–Trinajstić information content (AvgIpc) is 2.97. The Balaban J connectivity index is 1.90. The smallest absolute Gasteiger partial charge is 0.251 e. The number of nitrogens with zero attached hydrogens (tertiary/aromatic N) is 2. The van der Waals surface area contributed by atoms with Gasteiger partial charge in [-0.15, -0.1) is 0 Å². The zero-order valence-electron chi connectivity index (χ0n) is 14.0. The van der Waals surface area contributed by atoms with Crippen LogP contribution >= 0.6 is 0 Å². The van der Waals surface area contributed by atoms with Gasteiger partial charge in [0.2, 0.25) is 0 Å². The number of hydrogen-bond acceptors (Lipinski definition) is 3.